The topological polar surface area (TPSA) is 77.9 Å². The largest absolute Gasteiger partial charge is 0.454 e. The molecule has 4 aromatic rings. The Bertz CT molecular complexity index is 1260. The van der Waals surface area contributed by atoms with Gasteiger partial charge in [0.25, 0.3) is 18.8 Å². The minimum Gasteiger partial charge on any atom is -0.454 e. The second kappa shape index (κ2) is 9.31. The van der Waals surface area contributed by atoms with E-state index in [-0.39, 0.29) is 18.1 Å². The van der Waals surface area contributed by atoms with Gasteiger partial charge < -0.3 is 9.73 Å². The Morgan fingerprint density at radius 2 is 1.88 bits per heavy atom. The number of nitrogens with zero attached hydrogens (tertiary/aromatic N) is 4. The highest BCUT2D eigenvalue weighted by atomic mass is 19.3. The van der Waals surface area contributed by atoms with Crippen molar-refractivity contribution in [2.45, 2.75) is 32.9 Å². The van der Waals surface area contributed by atoms with Crippen molar-refractivity contribution in [3.63, 3.8) is 0 Å². The predicted molar refractivity (Wildman–Crippen MR) is 110 cm³/mol. The monoisotopic (exact) mass is 461 g/mol. The lowest BCUT2D eigenvalue weighted by Crippen LogP contribution is -2.10. The molecule has 0 aliphatic rings. The van der Waals surface area contributed by atoms with Gasteiger partial charge in [0.05, 0.1) is 25.0 Å². The fourth-order valence-electron chi connectivity index (χ4n) is 3.26. The van der Waals surface area contributed by atoms with E-state index in [0.717, 1.165) is 15.8 Å². The SMILES string of the molecule is Cc1ccccc1Cn1cc(NC(=O)c2ccc(Cn3nc(C(F)F)cc3C(F)F)o2)cn1. The molecule has 0 saturated carbocycles. The van der Waals surface area contributed by atoms with E-state index < -0.39 is 30.1 Å². The molecule has 4 rings (SSSR count). The van der Waals surface area contributed by atoms with Crippen LogP contribution >= 0.6 is 0 Å². The molecule has 3 aromatic heterocycles. The van der Waals surface area contributed by atoms with E-state index in [2.05, 4.69) is 15.5 Å². The first-order chi connectivity index (χ1) is 15.8. The Morgan fingerprint density at radius 1 is 1.09 bits per heavy atom. The summed E-state index contributed by atoms with van der Waals surface area (Å²) in [7, 11) is 0. The third-order valence-corrected chi connectivity index (χ3v) is 4.95. The number of anilines is 1. The second-order valence-corrected chi connectivity index (χ2v) is 7.33. The maximum atomic E-state index is 13.1. The van der Waals surface area contributed by atoms with Crippen molar-refractivity contribution >= 4 is 11.6 Å². The van der Waals surface area contributed by atoms with Crippen LogP contribution in [0.15, 0.2) is 59.3 Å². The molecule has 0 radical (unpaired) electrons. The highest BCUT2D eigenvalue weighted by Crippen LogP contribution is 2.26. The van der Waals surface area contributed by atoms with Crippen LogP contribution in [0.5, 0.6) is 0 Å². The molecule has 1 amide bonds. The third-order valence-electron chi connectivity index (χ3n) is 4.95. The van der Waals surface area contributed by atoms with Crippen molar-refractivity contribution in [2.24, 2.45) is 0 Å². The summed E-state index contributed by atoms with van der Waals surface area (Å²) >= 11 is 0. The zero-order valence-corrected chi connectivity index (χ0v) is 17.4. The Hall–Kier alpha value is -3.89. The van der Waals surface area contributed by atoms with Gasteiger partial charge in [-0.05, 0) is 36.2 Å². The average molecular weight is 461 g/mol. The molecule has 3 heterocycles. The molecular formula is C22H19F4N5O2. The number of alkyl halides is 4. The van der Waals surface area contributed by atoms with Crippen molar-refractivity contribution in [1.29, 1.82) is 0 Å². The molecule has 0 aliphatic carbocycles. The zero-order chi connectivity index (χ0) is 23.5. The number of nitrogens with one attached hydrogen (secondary N) is 1. The van der Waals surface area contributed by atoms with Gasteiger partial charge in [-0.15, -0.1) is 0 Å². The number of halogens is 4. The standard InChI is InChI=1S/C22H19F4N5O2/c1-13-4-2-3-5-14(13)10-30-11-15(9-27-30)28-22(32)19-7-6-16(33-19)12-31-18(21(25)26)8-17(29-31)20(23)24/h2-9,11,20-21H,10,12H2,1H3,(H,28,32). The summed E-state index contributed by atoms with van der Waals surface area (Å²) in [6.07, 6.45) is -2.81. The minimum atomic E-state index is -2.99. The van der Waals surface area contributed by atoms with Crippen LogP contribution in [-0.4, -0.2) is 25.5 Å². The lowest BCUT2D eigenvalue weighted by Gasteiger charge is -2.05. The highest BCUT2D eigenvalue weighted by Gasteiger charge is 2.22. The summed E-state index contributed by atoms with van der Waals surface area (Å²) in [5.41, 5.74) is 1.24. The summed E-state index contributed by atoms with van der Waals surface area (Å²) in [5, 5.41) is 10.4. The molecule has 172 valence electrons. The number of aromatic nitrogens is 4. The fourth-order valence-corrected chi connectivity index (χ4v) is 3.26. The molecule has 1 N–H and O–H groups in total. The number of amides is 1. The number of carbonyl (C=O) groups is 1. The first-order valence-corrected chi connectivity index (χ1v) is 9.91. The lowest BCUT2D eigenvalue weighted by molar-refractivity contribution is 0.0994. The second-order valence-electron chi connectivity index (χ2n) is 7.33. The van der Waals surface area contributed by atoms with Crippen molar-refractivity contribution in [1.82, 2.24) is 19.6 Å². The van der Waals surface area contributed by atoms with Crippen LogP contribution in [0.25, 0.3) is 0 Å². The Labute approximate surface area is 185 Å². The number of hydrogen-bond donors (Lipinski definition) is 1. The van der Waals surface area contributed by atoms with Crippen molar-refractivity contribution in [3.8, 4) is 0 Å². The molecule has 0 unspecified atom stereocenters. The smallest absolute Gasteiger partial charge is 0.291 e. The quantitative estimate of drug-likeness (QED) is 0.366. The van der Waals surface area contributed by atoms with Crippen molar-refractivity contribution < 1.29 is 26.8 Å². The number of furan rings is 1. The minimum absolute atomic E-state index is 0.0727. The van der Waals surface area contributed by atoms with E-state index in [4.69, 9.17) is 4.42 Å². The molecule has 0 aliphatic heterocycles. The maximum absolute atomic E-state index is 13.1. The van der Waals surface area contributed by atoms with Gasteiger partial charge in [-0.3, -0.25) is 14.2 Å². The first-order valence-electron chi connectivity index (χ1n) is 9.91. The number of aryl methyl sites for hydroxylation is 1. The lowest BCUT2D eigenvalue weighted by atomic mass is 10.1. The number of hydrogen-bond acceptors (Lipinski definition) is 4. The summed E-state index contributed by atoms with van der Waals surface area (Å²) < 4.78 is 59.7. The Morgan fingerprint density at radius 3 is 2.61 bits per heavy atom. The molecular weight excluding hydrogens is 442 g/mol. The van der Waals surface area contributed by atoms with Crippen LogP contribution in [0.2, 0.25) is 0 Å². The van der Waals surface area contributed by atoms with Crippen molar-refractivity contribution in [2.75, 3.05) is 5.32 Å². The molecule has 33 heavy (non-hydrogen) atoms. The van der Waals surface area contributed by atoms with Gasteiger partial charge in [0.2, 0.25) is 0 Å². The van der Waals surface area contributed by atoms with Gasteiger partial charge in [-0.1, -0.05) is 24.3 Å². The van der Waals surface area contributed by atoms with E-state index in [1.54, 1.807) is 10.9 Å². The molecule has 1 aromatic carbocycles. The number of rotatable bonds is 8. The van der Waals surface area contributed by atoms with Crippen LogP contribution in [0.1, 0.15) is 51.7 Å². The van der Waals surface area contributed by atoms with Crippen molar-refractivity contribution in [3.05, 3.63) is 88.9 Å². The molecule has 0 atom stereocenters. The Balaban J connectivity index is 1.42. The zero-order valence-electron chi connectivity index (χ0n) is 17.4. The summed E-state index contributed by atoms with van der Waals surface area (Å²) in [6.45, 7) is 2.20. The summed E-state index contributed by atoms with van der Waals surface area (Å²) in [4.78, 5) is 12.5. The van der Waals surface area contributed by atoms with Gasteiger partial charge in [-0.2, -0.15) is 10.2 Å². The highest BCUT2D eigenvalue weighted by molar-refractivity contribution is 6.02. The normalized spacial score (nSPS) is 11.5. The molecule has 0 saturated heterocycles. The summed E-state index contributed by atoms with van der Waals surface area (Å²) in [6, 6.07) is 11.3. The van der Waals surface area contributed by atoms with Gasteiger partial charge in [0.15, 0.2) is 5.76 Å². The first kappa shape index (κ1) is 22.3. The van der Waals surface area contributed by atoms with Crippen LogP contribution in [0.4, 0.5) is 23.2 Å². The maximum Gasteiger partial charge on any atom is 0.291 e. The fraction of sp³-hybridized carbons (Fsp3) is 0.227. The van der Waals surface area contributed by atoms with E-state index in [1.807, 2.05) is 31.2 Å². The van der Waals surface area contributed by atoms with Crippen LogP contribution in [0.3, 0.4) is 0 Å². The van der Waals surface area contributed by atoms with E-state index in [0.29, 0.717) is 18.3 Å². The third kappa shape index (κ3) is 5.13. The van der Waals surface area contributed by atoms with Gasteiger partial charge in [-0.25, -0.2) is 17.6 Å². The Kier molecular flexibility index (Phi) is 6.29. The van der Waals surface area contributed by atoms with Crippen LogP contribution in [0, 0.1) is 6.92 Å². The van der Waals surface area contributed by atoms with Crippen LogP contribution in [-0.2, 0) is 13.1 Å². The summed E-state index contributed by atoms with van der Waals surface area (Å²) in [5.74, 6) is -0.530. The van der Waals surface area contributed by atoms with Gasteiger partial charge in [0, 0.05) is 6.20 Å². The molecule has 0 bridgehead atoms. The molecule has 0 fully saturated rings. The number of benzene rings is 1. The number of carbonyl (C=O) groups excluding carboxylic acids is 1. The molecule has 0 spiro atoms. The van der Waals surface area contributed by atoms with E-state index >= 15 is 0 Å². The van der Waals surface area contributed by atoms with Gasteiger partial charge >= 0.3 is 0 Å². The molecule has 7 nitrogen and oxygen atoms in total. The van der Waals surface area contributed by atoms with E-state index in [9.17, 15) is 22.4 Å². The van der Waals surface area contributed by atoms with Gasteiger partial charge in [0.1, 0.15) is 17.1 Å². The average Bonchev–Trinajstić information content (AvgIpc) is 3.50. The van der Waals surface area contributed by atoms with E-state index in [1.165, 1.54) is 18.3 Å². The van der Waals surface area contributed by atoms with Crippen LogP contribution < -0.4 is 5.32 Å². The predicted octanol–water partition coefficient (Wildman–Crippen LogP) is 5.21. The molecule has 11 heteroatoms.